The Bertz CT molecular complexity index is 829. The van der Waals surface area contributed by atoms with Gasteiger partial charge in [-0.1, -0.05) is 36.4 Å². The van der Waals surface area contributed by atoms with Crippen molar-refractivity contribution in [3.05, 3.63) is 60.2 Å². The summed E-state index contributed by atoms with van der Waals surface area (Å²) in [7, 11) is 1.89. The molecule has 4 rings (SSSR count). The molecule has 1 unspecified atom stereocenters. The van der Waals surface area contributed by atoms with Crippen LogP contribution in [0.5, 0.6) is 0 Å². The topological polar surface area (TPSA) is 40.1 Å². The Morgan fingerprint density at radius 2 is 1.81 bits per heavy atom. The summed E-state index contributed by atoms with van der Waals surface area (Å²) < 4.78 is 5.52. The third-order valence-electron chi connectivity index (χ3n) is 5.81. The average molecular weight is 553 g/mol. The molecular weight excluding hydrogens is 519 g/mol. The van der Waals surface area contributed by atoms with Crippen molar-refractivity contribution < 1.29 is 4.74 Å². The van der Waals surface area contributed by atoms with Gasteiger partial charge in [0.05, 0.1) is 13.2 Å². The zero-order valence-electron chi connectivity index (χ0n) is 18.2. The van der Waals surface area contributed by atoms with Crippen molar-refractivity contribution in [1.29, 1.82) is 0 Å². The van der Waals surface area contributed by atoms with Crippen LogP contribution in [-0.2, 0) is 11.3 Å². The first-order valence-electron chi connectivity index (χ1n) is 10.9. The Balaban J connectivity index is 0.00000272. The highest BCUT2D eigenvalue weighted by atomic mass is 127. The Morgan fingerprint density at radius 3 is 2.58 bits per heavy atom. The number of ether oxygens (including phenoxy) is 1. The molecule has 0 radical (unpaired) electrons. The number of para-hydroxylation sites is 1. The van der Waals surface area contributed by atoms with Crippen LogP contribution in [0.2, 0.25) is 0 Å². The van der Waals surface area contributed by atoms with Crippen molar-refractivity contribution in [3.8, 4) is 0 Å². The SMILES string of the molecule is CN=C(NCc1ccccc1N1CCOCC1)N1CCC(CSc2ccccc2)C1.I. The van der Waals surface area contributed by atoms with Gasteiger partial charge < -0.3 is 19.9 Å². The highest BCUT2D eigenvalue weighted by molar-refractivity contribution is 14.0. The van der Waals surface area contributed by atoms with Gasteiger partial charge >= 0.3 is 0 Å². The lowest BCUT2D eigenvalue weighted by atomic mass is 10.1. The highest BCUT2D eigenvalue weighted by Crippen LogP contribution is 2.26. The molecule has 168 valence electrons. The van der Waals surface area contributed by atoms with Crippen LogP contribution in [0.25, 0.3) is 0 Å². The average Bonchev–Trinajstić information content (AvgIpc) is 3.28. The zero-order chi connectivity index (χ0) is 20.6. The van der Waals surface area contributed by atoms with Gasteiger partial charge in [-0.25, -0.2) is 0 Å². The first-order chi connectivity index (χ1) is 14.8. The van der Waals surface area contributed by atoms with Crippen LogP contribution >= 0.6 is 35.7 Å². The van der Waals surface area contributed by atoms with Gasteiger partial charge in [0.2, 0.25) is 0 Å². The predicted octanol–water partition coefficient (Wildman–Crippen LogP) is 4.33. The number of thioether (sulfide) groups is 1. The number of likely N-dealkylation sites (tertiary alicyclic amines) is 1. The van der Waals surface area contributed by atoms with Crippen molar-refractivity contribution in [2.45, 2.75) is 17.9 Å². The second kappa shape index (κ2) is 12.6. The van der Waals surface area contributed by atoms with Crippen LogP contribution in [0.1, 0.15) is 12.0 Å². The van der Waals surface area contributed by atoms with Gasteiger partial charge in [0.1, 0.15) is 0 Å². The van der Waals surface area contributed by atoms with E-state index in [9.17, 15) is 0 Å². The van der Waals surface area contributed by atoms with Gasteiger partial charge in [-0.15, -0.1) is 35.7 Å². The number of nitrogens with one attached hydrogen (secondary N) is 1. The molecule has 2 aliphatic heterocycles. The molecule has 2 heterocycles. The third-order valence-corrected chi connectivity index (χ3v) is 7.05. The minimum atomic E-state index is 0. The number of nitrogens with zero attached hydrogens (tertiary/aromatic N) is 3. The molecule has 2 fully saturated rings. The first-order valence-corrected chi connectivity index (χ1v) is 11.9. The lowest BCUT2D eigenvalue weighted by Gasteiger charge is -2.31. The van der Waals surface area contributed by atoms with Crippen LogP contribution in [0.15, 0.2) is 64.5 Å². The number of hydrogen-bond donors (Lipinski definition) is 1. The molecule has 31 heavy (non-hydrogen) atoms. The summed E-state index contributed by atoms with van der Waals surface area (Å²) in [5.41, 5.74) is 2.62. The number of guanidine groups is 1. The Kier molecular flexibility index (Phi) is 9.80. The van der Waals surface area contributed by atoms with E-state index < -0.39 is 0 Å². The van der Waals surface area contributed by atoms with E-state index in [4.69, 9.17) is 4.74 Å². The largest absolute Gasteiger partial charge is 0.378 e. The lowest BCUT2D eigenvalue weighted by molar-refractivity contribution is 0.122. The monoisotopic (exact) mass is 552 g/mol. The molecule has 2 saturated heterocycles. The summed E-state index contributed by atoms with van der Waals surface area (Å²) in [5.74, 6) is 2.88. The number of anilines is 1. The molecule has 0 saturated carbocycles. The molecule has 1 atom stereocenters. The minimum Gasteiger partial charge on any atom is -0.378 e. The van der Waals surface area contributed by atoms with E-state index in [1.807, 2.05) is 18.8 Å². The lowest BCUT2D eigenvalue weighted by Crippen LogP contribution is -2.40. The Morgan fingerprint density at radius 1 is 1.06 bits per heavy atom. The van der Waals surface area contributed by atoms with Gasteiger partial charge in [0.25, 0.3) is 0 Å². The molecule has 0 bridgehead atoms. The van der Waals surface area contributed by atoms with E-state index in [1.54, 1.807) is 0 Å². The molecule has 0 amide bonds. The minimum absolute atomic E-state index is 0. The molecule has 0 aromatic heterocycles. The zero-order valence-corrected chi connectivity index (χ0v) is 21.4. The molecular formula is C24H33IN4OS. The van der Waals surface area contributed by atoms with E-state index in [-0.39, 0.29) is 24.0 Å². The van der Waals surface area contributed by atoms with Crippen LogP contribution in [0.4, 0.5) is 5.69 Å². The van der Waals surface area contributed by atoms with Gasteiger partial charge in [-0.05, 0) is 36.1 Å². The highest BCUT2D eigenvalue weighted by Gasteiger charge is 2.25. The molecule has 5 nitrogen and oxygen atoms in total. The van der Waals surface area contributed by atoms with Gasteiger partial charge in [-0.2, -0.15) is 0 Å². The maximum Gasteiger partial charge on any atom is 0.193 e. The first kappa shape index (κ1) is 24.2. The summed E-state index contributed by atoms with van der Waals surface area (Å²) in [6.45, 7) is 6.46. The van der Waals surface area contributed by atoms with Crippen molar-refractivity contribution in [2.24, 2.45) is 10.9 Å². The van der Waals surface area contributed by atoms with Crippen LogP contribution < -0.4 is 10.2 Å². The van der Waals surface area contributed by atoms with Crippen molar-refractivity contribution >= 4 is 47.4 Å². The molecule has 2 aromatic carbocycles. The normalized spacial score (nSPS) is 19.3. The van der Waals surface area contributed by atoms with E-state index in [0.29, 0.717) is 5.92 Å². The van der Waals surface area contributed by atoms with E-state index in [0.717, 1.165) is 57.6 Å². The standard InChI is InChI=1S/C24H32N4OS.HI/c1-25-24(28-12-11-20(18-28)19-30-22-8-3-2-4-9-22)26-17-21-7-5-6-10-23(21)27-13-15-29-16-14-27;/h2-10,20H,11-19H2,1H3,(H,25,26);1H. The summed E-state index contributed by atoms with van der Waals surface area (Å²) in [6.07, 6.45) is 1.23. The Labute approximate surface area is 207 Å². The van der Waals surface area contributed by atoms with Crippen molar-refractivity contribution in [2.75, 3.05) is 57.1 Å². The number of hydrogen-bond acceptors (Lipinski definition) is 4. The fourth-order valence-corrected chi connectivity index (χ4v) is 5.22. The summed E-state index contributed by atoms with van der Waals surface area (Å²) in [6, 6.07) is 19.4. The van der Waals surface area contributed by atoms with Crippen LogP contribution in [0.3, 0.4) is 0 Å². The van der Waals surface area contributed by atoms with Gasteiger partial charge in [-0.3, -0.25) is 4.99 Å². The fraction of sp³-hybridized carbons (Fsp3) is 0.458. The summed E-state index contributed by atoms with van der Waals surface area (Å²) >= 11 is 1.96. The maximum absolute atomic E-state index is 5.52. The quantitative estimate of drug-likeness (QED) is 0.250. The second-order valence-electron chi connectivity index (χ2n) is 7.85. The van der Waals surface area contributed by atoms with Crippen LogP contribution in [0, 0.1) is 5.92 Å². The van der Waals surface area contributed by atoms with E-state index in [1.165, 1.54) is 22.6 Å². The third kappa shape index (κ3) is 6.76. The molecule has 0 aliphatic carbocycles. The molecule has 7 heteroatoms. The molecule has 1 N–H and O–H groups in total. The number of benzene rings is 2. The molecule has 2 aliphatic rings. The molecule has 2 aromatic rings. The smallest absolute Gasteiger partial charge is 0.193 e. The second-order valence-corrected chi connectivity index (χ2v) is 8.95. The van der Waals surface area contributed by atoms with Gasteiger partial charge in [0, 0.05) is 56.1 Å². The van der Waals surface area contributed by atoms with Crippen molar-refractivity contribution in [1.82, 2.24) is 10.2 Å². The number of halogens is 1. The summed E-state index contributed by atoms with van der Waals surface area (Å²) in [4.78, 5) is 10.8. The van der Waals surface area contributed by atoms with E-state index >= 15 is 0 Å². The van der Waals surface area contributed by atoms with Gasteiger partial charge in [0.15, 0.2) is 5.96 Å². The molecule has 0 spiro atoms. The van der Waals surface area contributed by atoms with E-state index in [2.05, 4.69) is 74.7 Å². The maximum atomic E-state index is 5.52. The number of morpholine rings is 1. The number of aliphatic imine (C=N–C) groups is 1. The number of rotatable bonds is 6. The van der Waals surface area contributed by atoms with Crippen LogP contribution in [-0.4, -0.2) is 63.1 Å². The summed E-state index contributed by atoms with van der Waals surface area (Å²) in [5, 5.41) is 3.61. The predicted molar refractivity (Wildman–Crippen MR) is 142 cm³/mol. The van der Waals surface area contributed by atoms with Crippen molar-refractivity contribution in [3.63, 3.8) is 0 Å². The Hall–Kier alpha value is -1.45. The fourth-order valence-electron chi connectivity index (χ4n) is 4.17.